The molecule has 2 aromatic rings. The number of anilines is 2. The Hall–Kier alpha value is -3.41. The maximum atomic E-state index is 13.2. The molecule has 2 aliphatic heterocycles. The van der Waals surface area contributed by atoms with Gasteiger partial charge in [-0.1, -0.05) is 0 Å². The first-order valence-corrected chi connectivity index (χ1v) is 11.8. The van der Waals surface area contributed by atoms with Gasteiger partial charge in [-0.3, -0.25) is 19.4 Å². The van der Waals surface area contributed by atoms with Crippen molar-refractivity contribution in [2.24, 2.45) is 11.8 Å². The number of amides is 1. The van der Waals surface area contributed by atoms with E-state index in [0.29, 0.717) is 29.2 Å². The number of carbonyl (C=O) groups excluding carboxylic acids is 3. The summed E-state index contributed by atoms with van der Waals surface area (Å²) in [6.07, 6.45) is 2.35. The lowest BCUT2D eigenvalue weighted by molar-refractivity contribution is -0.145. The van der Waals surface area contributed by atoms with Crippen LogP contribution in [0.1, 0.15) is 33.0 Å². The fourth-order valence-corrected chi connectivity index (χ4v) is 5.51. The van der Waals surface area contributed by atoms with Gasteiger partial charge in [-0.2, -0.15) is 4.98 Å². The molecule has 0 bridgehead atoms. The third kappa shape index (κ3) is 4.76. The van der Waals surface area contributed by atoms with Crippen molar-refractivity contribution < 1.29 is 23.9 Å². The van der Waals surface area contributed by atoms with Crippen molar-refractivity contribution in [3.05, 3.63) is 37.8 Å². The number of esters is 2. The van der Waals surface area contributed by atoms with Crippen LogP contribution in [0.2, 0.25) is 0 Å². The number of ether oxygens (including phenoxy) is 2. The smallest absolute Gasteiger partial charge is 0.328 e. The van der Waals surface area contributed by atoms with Gasteiger partial charge < -0.3 is 25.4 Å². The summed E-state index contributed by atoms with van der Waals surface area (Å²) in [5, 5.41) is 3.18. The maximum Gasteiger partial charge on any atom is 0.328 e. The van der Waals surface area contributed by atoms with Gasteiger partial charge in [0.2, 0.25) is 5.95 Å². The fourth-order valence-electron chi connectivity index (χ4n) is 4.53. The number of fused-ring (bicyclic) bond motifs is 1. The fraction of sp³-hybridized carbons (Fsp3) is 0.500. The minimum absolute atomic E-state index is 0.0934. The molecule has 0 aromatic carbocycles. The maximum absolute atomic E-state index is 13.2. The number of carbonyl (C=O) groups is 3. The number of nitrogens with zero attached hydrogens (tertiary/aromatic N) is 2. The van der Waals surface area contributed by atoms with Gasteiger partial charge in [-0.15, -0.1) is 11.3 Å². The molecule has 3 atom stereocenters. The van der Waals surface area contributed by atoms with Gasteiger partial charge in [-0.05, 0) is 43.7 Å². The quantitative estimate of drug-likeness (QED) is 0.500. The minimum atomic E-state index is -0.818. The van der Waals surface area contributed by atoms with E-state index in [0.717, 1.165) is 17.7 Å². The predicted octanol–water partition coefficient (Wildman–Crippen LogP) is 0.807. The summed E-state index contributed by atoms with van der Waals surface area (Å²) in [7, 11) is 2.55. The number of nitrogen functional groups attached to an aromatic ring is 1. The van der Waals surface area contributed by atoms with Crippen LogP contribution in [0.15, 0.2) is 16.9 Å². The standard InChI is InChI=1S/C22H27N5O6S/c1-32-20(30)12-8-15(21(31)33-2)27(10-12)19(29)16-6-5-13(34-16)4-3-11-7-14-17(24-9-11)25-22(23)26-18(14)28/h5-6,11-12,15H,3-4,7-10H2,1-2H3,(H4,23,24,25,26,28)/t11?,12-,15+/m1/s1. The van der Waals surface area contributed by atoms with Crippen molar-refractivity contribution in [1.29, 1.82) is 0 Å². The van der Waals surface area contributed by atoms with Crippen LogP contribution < -0.4 is 16.6 Å². The summed E-state index contributed by atoms with van der Waals surface area (Å²) in [5.74, 6) is -0.992. The summed E-state index contributed by atoms with van der Waals surface area (Å²) < 4.78 is 9.63. The second kappa shape index (κ2) is 9.84. The molecule has 1 unspecified atom stereocenters. The molecular weight excluding hydrogens is 462 g/mol. The van der Waals surface area contributed by atoms with Crippen LogP contribution >= 0.6 is 11.3 Å². The van der Waals surface area contributed by atoms with E-state index in [1.807, 2.05) is 6.07 Å². The number of rotatable bonds is 6. The molecule has 11 nitrogen and oxygen atoms in total. The molecule has 0 aliphatic carbocycles. The van der Waals surface area contributed by atoms with Gasteiger partial charge in [0.05, 0.1) is 30.6 Å². The molecule has 12 heteroatoms. The Bertz CT molecular complexity index is 1160. The van der Waals surface area contributed by atoms with Crippen molar-refractivity contribution >= 4 is 40.9 Å². The number of aromatic amines is 1. The van der Waals surface area contributed by atoms with Gasteiger partial charge in [0.15, 0.2) is 0 Å². The molecule has 2 aromatic heterocycles. The molecule has 182 valence electrons. The highest BCUT2D eigenvalue weighted by molar-refractivity contribution is 7.14. The molecule has 4 N–H and O–H groups in total. The van der Waals surface area contributed by atoms with Gasteiger partial charge in [0, 0.05) is 18.0 Å². The number of hydrogen-bond donors (Lipinski definition) is 3. The molecule has 34 heavy (non-hydrogen) atoms. The Balaban J connectivity index is 1.40. The van der Waals surface area contributed by atoms with Crippen molar-refractivity contribution in [2.75, 3.05) is 38.4 Å². The normalized spacial score (nSPS) is 21.5. The number of likely N-dealkylation sites (tertiary alicyclic amines) is 1. The monoisotopic (exact) mass is 489 g/mol. The van der Waals surface area contributed by atoms with Crippen LogP contribution in [0.25, 0.3) is 0 Å². The lowest BCUT2D eigenvalue weighted by Crippen LogP contribution is -2.40. The number of hydrogen-bond acceptors (Lipinski definition) is 10. The van der Waals surface area contributed by atoms with E-state index >= 15 is 0 Å². The zero-order valence-corrected chi connectivity index (χ0v) is 19.8. The Kier molecular flexibility index (Phi) is 6.87. The van der Waals surface area contributed by atoms with Gasteiger partial charge in [0.1, 0.15) is 11.9 Å². The molecule has 1 fully saturated rings. The molecule has 4 rings (SSSR count). The Morgan fingerprint density at radius 3 is 2.74 bits per heavy atom. The van der Waals surface area contributed by atoms with Gasteiger partial charge in [-0.25, -0.2) is 4.79 Å². The molecule has 0 saturated carbocycles. The number of aryl methyl sites for hydroxylation is 1. The lowest BCUT2D eigenvalue weighted by Gasteiger charge is -2.24. The number of H-pyrrole nitrogens is 1. The first kappa shape index (κ1) is 23.7. The van der Waals surface area contributed by atoms with E-state index in [-0.39, 0.29) is 36.3 Å². The number of thiophene rings is 1. The number of nitrogens with one attached hydrogen (secondary N) is 2. The summed E-state index contributed by atoms with van der Waals surface area (Å²) in [5.41, 5.74) is 5.99. The van der Waals surface area contributed by atoms with Crippen molar-refractivity contribution in [3.8, 4) is 0 Å². The highest BCUT2D eigenvalue weighted by Gasteiger charge is 2.44. The largest absolute Gasteiger partial charge is 0.469 e. The number of nitrogens with two attached hydrogens (primary N) is 1. The van der Waals surface area contributed by atoms with Crippen LogP contribution in [0, 0.1) is 11.8 Å². The molecule has 4 heterocycles. The van der Waals surface area contributed by atoms with Crippen molar-refractivity contribution in [1.82, 2.24) is 14.9 Å². The van der Waals surface area contributed by atoms with Crippen LogP contribution in [0.4, 0.5) is 11.8 Å². The first-order valence-electron chi connectivity index (χ1n) is 11.0. The predicted molar refractivity (Wildman–Crippen MR) is 125 cm³/mol. The number of methoxy groups -OCH3 is 2. The van der Waals surface area contributed by atoms with E-state index in [2.05, 4.69) is 15.3 Å². The van der Waals surface area contributed by atoms with E-state index in [1.54, 1.807) is 6.07 Å². The van der Waals surface area contributed by atoms with E-state index in [4.69, 9.17) is 15.2 Å². The average Bonchev–Trinajstić information content (AvgIpc) is 3.49. The van der Waals surface area contributed by atoms with E-state index in [9.17, 15) is 19.2 Å². The van der Waals surface area contributed by atoms with Crippen LogP contribution in [0.5, 0.6) is 0 Å². The Labute approximate surface area is 199 Å². The summed E-state index contributed by atoms with van der Waals surface area (Å²) in [6, 6.07) is 2.83. The lowest BCUT2D eigenvalue weighted by atomic mass is 9.92. The average molecular weight is 490 g/mol. The molecule has 0 radical (unpaired) electrons. The van der Waals surface area contributed by atoms with Crippen LogP contribution in [0.3, 0.4) is 0 Å². The van der Waals surface area contributed by atoms with Crippen LogP contribution in [-0.2, 0) is 31.9 Å². The summed E-state index contributed by atoms with van der Waals surface area (Å²) in [6.45, 7) is 0.794. The molecule has 1 saturated heterocycles. The van der Waals surface area contributed by atoms with Crippen molar-refractivity contribution in [2.45, 2.75) is 31.7 Å². The highest BCUT2D eigenvalue weighted by Crippen LogP contribution is 2.30. The molecule has 2 aliphatic rings. The Morgan fingerprint density at radius 1 is 1.24 bits per heavy atom. The van der Waals surface area contributed by atoms with Crippen molar-refractivity contribution in [3.63, 3.8) is 0 Å². The summed E-state index contributed by atoms with van der Waals surface area (Å²) in [4.78, 5) is 59.1. The summed E-state index contributed by atoms with van der Waals surface area (Å²) >= 11 is 1.37. The molecular formula is C22H27N5O6S. The highest BCUT2D eigenvalue weighted by atomic mass is 32.1. The van der Waals surface area contributed by atoms with Gasteiger partial charge >= 0.3 is 11.9 Å². The second-order valence-corrected chi connectivity index (χ2v) is 9.65. The topological polar surface area (TPSA) is 157 Å². The zero-order valence-electron chi connectivity index (χ0n) is 19.0. The number of aromatic nitrogens is 2. The SMILES string of the molecule is COC(=O)[C@@H]1C[C@@H](C(=O)OC)N(C(=O)c2ccc(CCC3CNc4nc(N)[nH]c(=O)c4C3)s2)C1. The zero-order chi connectivity index (χ0) is 24.4. The minimum Gasteiger partial charge on any atom is -0.469 e. The third-order valence-electron chi connectivity index (χ3n) is 6.33. The third-order valence-corrected chi connectivity index (χ3v) is 7.46. The second-order valence-electron chi connectivity index (χ2n) is 8.49. The van der Waals surface area contributed by atoms with Gasteiger partial charge in [0.25, 0.3) is 11.5 Å². The van der Waals surface area contributed by atoms with Crippen LogP contribution in [-0.4, -0.2) is 66.1 Å². The Morgan fingerprint density at radius 2 is 2.00 bits per heavy atom. The van der Waals surface area contributed by atoms with E-state index in [1.165, 1.54) is 30.5 Å². The van der Waals surface area contributed by atoms with E-state index < -0.39 is 23.9 Å². The molecule has 0 spiro atoms. The first-order chi connectivity index (χ1) is 16.3. The molecule has 1 amide bonds.